The van der Waals surface area contributed by atoms with Crippen LogP contribution < -0.4 is 0 Å². The van der Waals surface area contributed by atoms with Gasteiger partial charge in [0, 0.05) is 26.2 Å². The van der Waals surface area contributed by atoms with Crippen molar-refractivity contribution in [3.05, 3.63) is 64.4 Å². The highest BCUT2D eigenvalue weighted by molar-refractivity contribution is 7.12. The second-order valence-electron chi connectivity index (χ2n) is 6.94. The van der Waals surface area contributed by atoms with Crippen LogP contribution in [0.3, 0.4) is 0 Å². The van der Waals surface area contributed by atoms with Crippen molar-refractivity contribution in [2.75, 3.05) is 32.8 Å². The molecule has 1 aliphatic rings. The molecule has 0 saturated carbocycles. The van der Waals surface area contributed by atoms with Gasteiger partial charge in [-0.15, -0.1) is 11.3 Å². The van der Waals surface area contributed by atoms with Crippen LogP contribution in [0.15, 0.2) is 53.9 Å². The van der Waals surface area contributed by atoms with Crippen molar-refractivity contribution in [1.82, 2.24) is 9.80 Å². The van der Waals surface area contributed by atoms with Gasteiger partial charge < -0.3 is 19.6 Å². The van der Waals surface area contributed by atoms with Crippen molar-refractivity contribution < 1.29 is 24.2 Å². The number of rotatable bonds is 4. The number of piperazine rings is 1. The summed E-state index contributed by atoms with van der Waals surface area (Å²) in [6.45, 7) is 1.22. The summed E-state index contributed by atoms with van der Waals surface area (Å²) in [5.41, 5.74) is 0.0212. The number of benzene rings is 2. The molecule has 2 heterocycles. The quantitative estimate of drug-likeness (QED) is 0.651. The van der Waals surface area contributed by atoms with Gasteiger partial charge in [-0.25, -0.2) is 4.79 Å². The van der Waals surface area contributed by atoms with Crippen LogP contribution >= 0.6 is 11.3 Å². The second kappa shape index (κ2) is 8.54. The zero-order chi connectivity index (χ0) is 21.1. The Kier molecular flexibility index (Phi) is 5.67. The first-order valence-corrected chi connectivity index (χ1v) is 10.4. The molecule has 1 fully saturated rings. The number of thiophene rings is 1. The van der Waals surface area contributed by atoms with E-state index >= 15 is 0 Å². The molecule has 0 atom stereocenters. The Bertz CT molecular complexity index is 1090. The number of hydrogen-bond acceptors (Lipinski definition) is 6. The van der Waals surface area contributed by atoms with E-state index in [1.165, 1.54) is 17.4 Å². The number of ether oxygens (including phenoxy) is 1. The van der Waals surface area contributed by atoms with Crippen molar-refractivity contribution in [2.45, 2.75) is 0 Å². The summed E-state index contributed by atoms with van der Waals surface area (Å²) in [6, 6.07) is 14.0. The SMILES string of the molecule is O=C(OCC(=O)N1CCN(C(=O)c2cccs2)CC1)c1cc2ccccc2cc1O. The summed E-state index contributed by atoms with van der Waals surface area (Å²) in [4.78, 5) is 41.1. The van der Waals surface area contributed by atoms with E-state index in [1.54, 1.807) is 21.9 Å². The zero-order valence-corrected chi connectivity index (χ0v) is 16.9. The Hall–Kier alpha value is -3.39. The Labute approximate surface area is 177 Å². The van der Waals surface area contributed by atoms with Crippen LogP contribution in [0.1, 0.15) is 20.0 Å². The van der Waals surface area contributed by atoms with E-state index in [0.29, 0.717) is 31.1 Å². The number of amides is 2. The molecule has 0 radical (unpaired) electrons. The number of aromatic hydroxyl groups is 1. The van der Waals surface area contributed by atoms with E-state index in [2.05, 4.69) is 0 Å². The van der Waals surface area contributed by atoms with Gasteiger partial charge in [-0.05, 0) is 34.4 Å². The van der Waals surface area contributed by atoms with Gasteiger partial charge >= 0.3 is 5.97 Å². The van der Waals surface area contributed by atoms with Crippen LogP contribution in [0.25, 0.3) is 10.8 Å². The summed E-state index contributed by atoms with van der Waals surface area (Å²) in [5.74, 6) is -1.30. The van der Waals surface area contributed by atoms with E-state index in [1.807, 2.05) is 35.7 Å². The number of hydrogen-bond donors (Lipinski definition) is 1. The molecule has 4 rings (SSSR count). The maximum Gasteiger partial charge on any atom is 0.342 e. The standard InChI is InChI=1S/C22H20N2O5S/c25-18-13-16-5-2-1-4-15(16)12-17(18)22(28)29-14-20(26)23-7-9-24(10-8-23)21(27)19-6-3-11-30-19/h1-6,11-13,25H,7-10,14H2. The highest BCUT2D eigenvalue weighted by Crippen LogP contribution is 2.25. The number of fused-ring (bicyclic) bond motifs is 1. The number of phenolic OH excluding ortho intramolecular Hbond substituents is 1. The minimum atomic E-state index is -0.752. The average molecular weight is 424 g/mol. The molecule has 2 amide bonds. The molecule has 1 aliphatic heterocycles. The largest absolute Gasteiger partial charge is 0.507 e. The molecule has 0 spiro atoms. The van der Waals surface area contributed by atoms with Crippen LogP contribution in [0.4, 0.5) is 0 Å². The molecule has 0 aliphatic carbocycles. The first-order valence-electron chi connectivity index (χ1n) is 9.52. The molecular weight excluding hydrogens is 404 g/mol. The number of nitrogens with zero attached hydrogens (tertiary/aromatic N) is 2. The fraction of sp³-hybridized carbons (Fsp3) is 0.227. The third-order valence-corrected chi connectivity index (χ3v) is 5.92. The molecule has 154 valence electrons. The normalized spacial score (nSPS) is 14.0. The first-order chi connectivity index (χ1) is 14.5. The molecule has 0 unspecified atom stereocenters. The number of carbonyl (C=O) groups is 3. The second-order valence-corrected chi connectivity index (χ2v) is 7.89. The molecule has 2 aromatic carbocycles. The van der Waals surface area contributed by atoms with Gasteiger partial charge in [-0.2, -0.15) is 0 Å². The topological polar surface area (TPSA) is 87.2 Å². The van der Waals surface area contributed by atoms with Crippen molar-refractivity contribution >= 4 is 39.9 Å². The van der Waals surface area contributed by atoms with Crippen LogP contribution in [0.5, 0.6) is 5.75 Å². The highest BCUT2D eigenvalue weighted by atomic mass is 32.1. The lowest BCUT2D eigenvalue weighted by Crippen LogP contribution is -2.51. The first kappa shape index (κ1) is 19.9. The lowest BCUT2D eigenvalue weighted by atomic mass is 10.1. The van der Waals surface area contributed by atoms with Crippen molar-refractivity contribution in [2.24, 2.45) is 0 Å². The molecule has 1 N–H and O–H groups in total. The molecule has 3 aromatic rings. The maximum atomic E-state index is 12.4. The van der Waals surface area contributed by atoms with Gasteiger partial charge in [0.1, 0.15) is 11.3 Å². The van der Waals surface area contributed by atoms with E-state index in [-0.39, 0.29) is 23.1 Å². The summed E-state index contributed by atoms with van der Waals surface area (Å²) in [6.07, 6.45) is 0. The van der Waals surface area contributed by atoms with E-state index in [0.717, 1.165) is 10.8 Å². The Morgan fingerprint density at radius 3 is 2.27 bits per heavy atom. The van der Waals surface area contributed by atoms with Gasteiger partial charge in [0.2, 0.25) is 0 Å². The van der Waals surface area contributed by atoms with Gasteiger partial charge in [0.15, 0.2) is 6.61 Å². The Balaban J connectivity index is 1.31. The predicted molar refractivity (Wildman–Crippen MR) is 113 cm³/mol. The minimum Gasteiger partial charge on any atom is -0.507 e. The molecule has 0 bridgehead atoms. The molecule has 1 aromatic heterocycles. The smallest absolute Gasteiger partial charge is 0.342 e. The van der Waals surface area contributed by atoms with Gasteiger partial charge in [0.25, 0.3) is 11.8 Å². The third kappa shape index (κ3) is 4.13. The lowest BCUT2D eigenvalue weighted by Gasteiger charge is -2.34. The van der Waals surface area contributed by atoms with Gasteiger partial charge in [-0.3, -0.25) is 9.59 Å². The minimum absolute atomic E-state index is 0.0212. The predicted octanol–water partition coefficient (Wildman–Crippen LogP) is 2.75. The summed E-state index contributed by atoms with van der Waals surface area (Å²) < 4.78 is 5.14. The third-order valence-electron chi connectivity index (χ3n) is 5.06. The van der Waals surface area contributed by atoms with E-state index in [4.69, 9.17) is 4.74 Å². The van der Waals surface area contributed by atoms with Crippen molar-refractivity contribution in [3.63, 3.8) is 0 Å². The summed E-state index contributed by atoms with van der Waals surface area (Å²) in [7, 11) is 0. The molecular formula is C22H20N2O5S. The molecule has 8 heteroatoms. The monoisotopic (exact) mass is 424 g/mol. The average Bonchev–Trinajstić information content (AvgIpc) is 3.31. The molecule has 1 saturated heterocycles. The number of phenols is 1. The fourth-order valence-corrected chi connectivity index (χ4v) is 4.09. The molecule has 7 nitrogen and oxygen atoms in total. The van der Waals surface area contributed by atoms with Gasteiger partial charge in [0.05, 0.1) is 4.88 Å². The van der Waals surface area contributed by atoms with Gasteiger partial charge in [-0.1, -0.05) is 30.3 Å². The number of esters is 1. The lowest BCUT2D eigenvalue weighted by molar-refractivity contribution is -0.136. The summed E-state index contributed by atoms with van der Waals surface area (Å²) in [5, 5.41) is 13.6. The van der Waals surface area contributed by atoms with E-state index in [9.17, 15) is 19.5 Å². The van der Waals surface area contributed by atoms with Crippen LogP contribution in [0.2, 0.25) is 0 Å². The number of carbonyl (C=O) groups excluding carboxylic acids is 3. The Morgan fingerprint density at radius 2 is 1.60 bits per heavy atom. The van der Waals surface area contributed by atoms with Crippen LogP contribution in [0, 0.1) is 0 Å². The van der Waals surface area contributed by atoms with Crippen molar-refractivity contribution in [3.8, 4) is 5.75 Å². The maximum absolute atomic E-state index is 12.4. The van der Waals surface area contributed by atoms with Crippen LogP contribution in [-0.2, 0) is 9.53 Å². The van der Waals surface area contributed by atoms with E-state index < -0.39 is 12.6 Å². The molecule has 30 heavy (non-hydrogen) atoms. The summed E-state index contributed by atoms with van der Waals surface area (Å²) >= 11 is 1.39. The zero-order valence-electron chi connectivity index (χ0n) is 16.1. The van der Waals surface area contributed by atoms with Crippen LogP contribution in [-0.4, -0.2) is 65.5 Å². The fourth-order valence-electron chi connectivity index (χ4n) is 3.40. The Morgan fingerprint density at radius 1 is 0.933 bits per heavy atom. The highest BCUT2D eigenvalue weighted by Gasteiger charge is 2.26. The van der Waals surface area contributed by atoms with Crippen molar-refractivity contribution in [1.29, 1.82) is 0 Å².